The van der Waals surface area contributed by atoms with Gasteiger partial charge in [0.05, 0.1) is 7.11 Å². The Bertz CT molecular complexity index is 620. The van der Waals surface area contributed by atoms with Crippen LogP contribution in [0.5, 0.6) is 5.75 Å². The van der Waals surface area contributed by atoms with E-state index < -0.39 is 11.6 Å². The Kier molecular flexibility index (Phi) is 2.74. The summed E-state index contributed by atoms with van der Waals surface area (Å²) in [6.45, 7) is 0. The summed E-state index contributed by atoms with van der Waals surface area (Å²) in [6.07, 6.45) is 2.10. The van der Waals surface area contributed by atoms with Crippen molar-refractivity contribution in [2.24, 2.45) is 0 Å². The van der Waals surface area contributed by atoms with Crippen LogP contribution in [0.15, 0.2) is 28.7 Å². The van der Waals surface area contributed by atoms with E-state index in [0.29, 0.717) is 17.7 Å². The van der Waals surface area contributed by atoms with E-state index in [2.05, 4.69) is 15.9 Å². The van der Waals surface area contributed by atoms with Gasteiger partial charge in [0.1, 0.15) is 5.75 Å². The molecular weight excluding hydrogens is 312 g/mol. The lowest BCUT2D eigenvalue weighted by Gasteiger charge is -2.29. The minimum atomic E-state index is -1.16. The molecule has 0 fully saturated rings. The number of carbonyl (C=O) groups is 2. The van der Waals surface area contributed by atoms with Gasteiger partial charge >= 0.3 is 5.97 Å². The first-order valence-corrected chi connectivity index (χ1v) is 6.68. The van der Waals surface area contributed by atoms with Crippen molar-refractivity contribution in [2.45, 2.75) is 18.4 Å². The topological polar surface area (TPSA) is 52.6 Å². The number of esters is 1. The largest absolute Gasteiger partial charge is 0.470 e. The summed E-state index contributed by atoms with van der Waals surface area (Å²) in [5, 5.41) is 0. The highest BCUT2D eigenvalue weighted by Crippen LogP contribution is 2.49. The smallest absolute Gasteiger partial charge is 0.355 e. The van der Waals surface area contributed by atoms with Crippen molar-refractivity contribution in [3.63, 3.8) is 0 Å². The summed E-state index contributed by atoms with van der Waals surface area (Å²) in [7, 11) is 1.33. The lowest BCUT2D eigenvalue weighted by Crippen LogP contribution is -2.45. The third-order valence-electron chi connectivity index (χ3n) is 3.50. The molecule has 1 heterocycles. The molecule has 4 nitrogen and oxygen atoms in total. The summed E-state index contributed by atoms with van der Waals surface area (Å²) in [4.78, 5) is 23.8. The predicted molar refractivity (Wildman–Crippen MR) is 71.7 cm³/mol. The van der Waals surface area contributed by atoms with Gasteiger partial charge in [0.2, 0.25) is 5.60 Å². The first-order chi connectivity index (χ1) is 9.06. The second-order valence-corrected chi connectivity index (χ2v) is 5.50. The van der Waals surface area contributed by atoms with Gasteiger partial charge in [0.15, 0.2) is 5.78 Å². The third-order valence-corrected chi connectivity index (χ3v) is 3.99. The number of allylic oxidation sites excluding steroid dienone is 1. The summed E-state index contributed by atoms with van der Waals surface area (Å²) < 4.78 is 11.6. The number of fused-ring (bicyclic) bond motifs is 3. The predicted octanol–water partition coefficient (Wildman–Crippen LogP) is 2.50. The molecule has 3 rings (SSSR count). The van der Waals surface area contributed by atoms with E-state index in [1.54, 1.807) is 6.07 Å². The summed E-state index contributed by atoms with van der Waals surface area (Å²) in [6, 6.07) is 5.49. The molecule has 0 aromatic heterocycles. The van der Waals surface area contributed by atoms with Crippen molar-refractivity contribution in [1.29, 1.82) is 0 Å². The average Bonchev–Trinajstić information content (AvgIpc) is 2.71. The number of hydrogen-bond acceptors (Lipinski definition) is 4. The monoisotopic (exact) mass is 322 g/mol. The zero-order valence-corrected chi connectivity index (χ0v) is 11.8. The lowest BCUT2D eigenvalue weighted by atomic mass is 9.81. The second kappa shape index (κ2) is 4.20. The minimum Gasteiger partial charge on any atom is -0.470 e. The number of carbonyl (C=O) groups excluding carboxylic acids is 2. The van der Waals surface area contributed by atoms with Crippen molar-refractivity contribution in [3.05, 3.63) is 34.3 Å². The number of ether oxygens (including phenoxy) is 2. The van der Waals surface area contributed by atoms with Crippen LogP contribution in [0.1, 0.15) is 18.4 Å². The van der Waals surface area contributed by atoms with Gasteiger partial charge in [-0.15, -0.1) is 0 Å². The fourth-order valence-corrected chi connectivity index (χ4v) is 2.93. The zero-order chi connectivity index (χ0) is 13.6. The van der Waals surface area contributed by atoms with Crippen molar-refractivity contribution >= 4 is 33.3 Å². The highest BCUT2D eigenvalue weighted by atomic mass is 79.9. The number of rotatable bonds is 1. The SMILES string of the molecule is COC(=O)[C@@]12CCC(=O)C=C1c1ccc(Br)cc1O2. The molecule has 5 heteroatoms. The quantitative estimate of drug-likeness (QED) is 0.745. The molecule has 0 amide bonds. The van der Waals surface area contributed by atoms with E-state index in [9.17, 15) is 9.59 Å². The minimum absolute atomic E-state index is 0.00824. The molecule has 2 aliphatic rings. The average molecular weight is 323 g/mol. The van der Waals surface area contributed by atoms with Crippen molar-refractivity contribution in [3.8, 4) is 5.75 Å². The van der Waals surface area contributed by atoms with Gasteiger partial charge in [-0.05, 0) is 24.3 Å². The van der Waals surface area contributed by atoms with Gasteiger partial charge in [0, 0.05) is 28.5 Å². The summed E-state index contributed by atoms with van der Waals surface area (Å²) in [5.41, 5.74) is 0.228. The Morgan fingerprint density at radius 3 is 3.00 bits per heavy atom. The van der Waals surface area contributed by atoms with Gasteiger partial charge < -0.3 is 9.47 Å². The van der Waals surface area contributed by atoms with Crippen LogP contribution in [0.25, 0.3) is 5.57 Å². The molecule has 1 aliphatic heterocycles. The van der Waals surface area contributed by atoms with Crippen LogP contribution in [-0.2, 0) is 14.3 Å². The standard InChI is InChI=1S/C14H11BrO4/c1-18-13(17)14-5-4-9(16)7-11(14)10-3-2-8(15)6-12(10)19-14/h2-3,6-7H,4-5H2,1H3/t14-/m1/s1. The van der Waals surface area contributed by atoms with E-state index in [1.165, 1.54) is 13.2 Å². The molecule has 1 aromatic carbocycles. The fourth-order valence-electron chi connectivity index (χ4n) is 2.59. The molecule has 1 atom stereocenters. The number of methoxy groups -OCH3 is 1. The first kappa shape index (κ1) is 12.4. The van der Waals surface area contributed by atoms with Crippen LogP contribution < -0.4 is 4.74 Å². The van der Waals surface area contributed by atoms with Gasteiger partial charge in [0.25, 0.3) is 0 Å². The van der Waals surface area contributed by atoms with Crippen LogP contribution in [0, 0.1) is 0 Å². The molecule has 1 aliphatic carbocycles. The third kappa shape index (κ3) is 1.72. The maximum absolute atomic E-state index is 12.1. The second-order valence-electron chi connectivity index (χ2n) is 4.59. The Hall–Kier alpha value is -1.62. The molecule has 0 N–H and O–H groups in total. The molecule has 0 saturated heterocycles. The van der Waals surface area contributed by atoms with Gasteiger partial charge in [-0.2, -0.15) is 0 Å². The van der Waals surface area contributed by atoms with Crippen LogP contribution in [0.4, 0.5) is 0 Å². The number of halogens is 1. The maximum Gasteiger partial charge on any atom is 0.355 e. The Morgan fingerprint density at radius 1 is 1.47 bits per heavy atom. The molecule has 0 bridgehead atoms. The molecular formula is C14H11BrO4. The van der Waals surface area contributed by atoms with E-state index >= 15 is 0 Å². The normalized spacial score (nSPS) is 24.1. The van der Waals surface area contributed by atoms with Crippen LogP contribution >= 0.6 is 15.9 Å². The number of hydrogen-bond donors (Lipinski definition) is 0. The highest BCUT2D eigenvalue weighted by molar-refractivity contribution is 9.10. The zero-order valence-electron chi connectivity index (χ0n) is 10.2. The number of benzene rings is 1. The van der Waals surface area contributed by atoms with E-state index in [1.807, 2.05) is 12.1 Å². The van der Waals surface area contributed by atoms with Crippen molar-refractivity contribution in [1.82, 2.24) is 0 Å². The fraction of sp³-hybridized carbons (Fsp3) is 0.286. The van der Waals surface area contributed by atoms with E-state index in [4.69, 9.17) is 9.47 Å². The summed E-state index contributed by atoms with van der Waals surface area (Å²) in [5.74, 6) is 0.146. The van der Waals surface area contributed by atoms with Crippen molar-refractivity contribution < 1.29 is 19.1 Å². The molecule has 19 heavy (non-hydrogen) atoms. The molecule has 0 radical (unpaired) electrons. The maximum atomic E-state index is 12.1. The van der Waals surface area contributed by atoms with Gasteiger partial charge in [-0.1, -0.05) is 15.9 Å². The Labute approximate surface area is 118 Å². The van der Waals surface area contributed by atoms with Crippen LogP contribution in [-0.4, -0.2) is 24.5 Å². The molecule has 98 valence electrons. The van der Waals surface area contributed by atoms with E-state index in [0.717, 1.165) is 10.0 Å². The number of ketones is 1. The van der Waals surface area contributed by atoms with Crippen LogP contribution in [0.2, 0.25) is 0 Å². The Morgan fingerprint density at radius 2 is 2.26 bits per heavy atom. The first-order valence-electron chi connectivity index (χ1n) is 5.89. The molecule has 0 saturated carbocycles. The van der Waals surface area contributed by atoms with E-state index in [-0.39, 0.29) is 12.2 Å². The lowest BCUT2D eigenvalue weighted by molar-refractivity contribution is -0.154. The molecule has 0 spiro atoms. The molecule has 0 unspecified atom stereocenters. The van der Waals surface area contributed by atoms with Crippen LogP contribution in [0.3, 0.4) is 0 Å². The highest BCUT2D eigenvalue weighted by Gasteiger charge is 2.53. The molecule has 1 aromatic rings. The Balaban J connectivity index is 2.20. The van der Waals surface area contributed by atoms with Gasteiger partial charge in [-0.3, -0.25) is 4.79 Å². The summed E-state index contributed by atoms with van der Waals surface area (Å²) >= 11 is 3.37. The van der Waals surface area contributed by atoms with Crippen molar-refractivity contribution in [2.75, 3.05) is 7.11 Å². The van der Waals surface area contributed by atoms with Gasteiger partial charge in [-0.25, -0.2) is 4.79 Å².